The molecule has 0 aliphatic heterocycles. The minimum absolute atomic E-state index is 0.0502. The molecule has 0 bridgehead atoms. The number of fused-ring (bicyclic) bond motifs is 1. The Labute approximate surface area is 193 Å². The van der Waals surface area contributed by atoms with Crippen molar-refractivity contribution < 1.29 is 17.9 Å². The number of benzene rings is 3. The van der Waals surface area contributed by atoms with Gasteiger partial charge in [0.2, 0.25) is 5.91 Å². The number of ether oxygens (including phenoxy) is 1. The molecule has 0 spiro atoms. The van der Waals surface area contributed by atoms with E-state index in [1.807, 2.05) is 60.7 Å². The lowest BCUT2D eigenvalue weighted by atomic mass is 10.0. The highest BCUT2D eigenvalue weighted by atomic mass is 32.2. The summed E-state index contributed by atoms with van der Waals surface area (Å²) in [7, 11) is -1.69. The van der Waals surface area contributed by atoms with E-state index in [-0.39, 0.29) is 18.2 Å². The second-order valence-electron chi connectivity index (χ2n) is 7.91. The van der Waals surface area contributed by atoms with Crippen LogP contribution < -0.4 is 10.1 Å². The molecule has 0 saturated heterocycles. The molecule has 0 aliphatic carbocycles. The maximum Gasteiger partial charge on any atom is 0.244 e. The molecule has 1 N–H and O–H groups in total. The number of amides is 1. The third kappa shape index (κ3) is 5.59. The molecule has 4 aromatic rings. The number of carbonyl (C=O) groups is 1. The molecule has 0 unspecified atom stereocenters. The fourth-order valence-corrected chi connectivity index (χ4v) is 4.49. The van der Waals surface area contributed by atoms with Crippen LogP contribution in [0.4, 0.5) is 5.69 Å². The standard InChI is InChI=1S/C25H25N3O4S/c1-32-23-13-12-20(15-19(23)14-18-8-4-3-5-9-18)26-25(29)16-28-22-11-7-6-10-21(22)27-24(28)17-33(2,30)31/h3-13,15H,14,16-17H2,1-2H3,(H,26,29). The van der Waals surface area contributed by atoms with Crippen LogP contribution in [-0.4, -0.2) is 37.2 Å². The van der Waals surface area contributed by atoms with E-state index in [4.69, 9.17) is 4.74 Å². The predicted octanol–water partition coefficient (Wildman–Crippen LogP) is 3.82. The van der Waals surface area contributed by atoms with Crippen molar-refractivity contribution in [1.82, 2.24) is 9.55 Å². The monoisotopic (exact) mass is 463 g/mol. The summed E-state index contributed by atoms with van der Waals surface area (Å²) in [6, 6.07) is 22.8. The highest BCUT2D eigenvalue weighted by molar-refractivity contribution is 7.89. The van der Waals surface area contributed by atoms with E-state index in [1.54, 1.807) is 23.8 Å². The lowest BCUT2D eigenvalue weighted by molar-refractivity contribution is -0.116. The number of methoxy groups -OCH3 is 1. The van der Waals surface area contributed by atoms with Gasteiger partial charge in [-0.1, -0.05) is 42.5 Å². The minimum Gasteiger partial charge on any atom is -0.496 e. The molecule has 1 amide bonds. The zero-order valence-electron chi connectivity index (χ0n) is 18.5. The van der Waals surface area contributed by atoms with Gasteiger partial charge < -0.3 is 14.6 Å². The number of rotatable bonds is 8. The molecule has 1 heterocycles. The van der Waals surface area contributed by atoms with E-state index >= 15 is 0 Å². The van der Waals surface area contributed by atoms with Crippen LogP contribution in [0, 0.1) is 0 Å². The molecular formula is C25H25N3O4S. The van der Waals surface area contributed by atoms with Crippen molar-refractivity contribution in [2.45, 2.75) is 18.7 Å². The van der Waals surface area contributed by atoms with Crippen LogP contribution in [0.2, 0.25) is 0 Å². The SMILES string of the molecule is COc1ccc(NC(=O)Cn2c(CS(C)(=O)=O)nc3ccccc32)cc1Cc1ccccc1. The highest BCUT2D eigenvalue weighted by Crippen LogP contribution is 2.26. The molecule has 170 valence electrons. The molecule has 8 heteroatoms. The summed E-state index contributed by atoms with van der Waals surface area (Å²) in [5.74, 6) is 0.573. The number of anilines is 1. The summed E-state index contributed by atoms with van der Waals surface area (Å²) in [5.41, 5.74) is 4.09. The molecule has 7 nitrogen and oxygen atoms in total. The number of nitrogens with one attached hydrogen (secondary N) is 1. The van der Waals surface area contributed by atoms with Crippen molar-refractivity contribution >= 4 is 32.5 Å². The van der Waals surface area contributed by atoms with Gasteiger partial charge in [0.1, 0.15) is 23.9 Å². The summed E-state index contributed by atoms with van der Waals surface area (Å²) < 4.78 is 30.9. The van der Waals surface area contributed by atoms with Crippen molar-refractivity contribution in [2.75, 3.05) is 18.7 Å². The van der Waals surface area contributed by atoms with E-state index in [0.717, 1.165) is 23.1 Å². The molecule has 3 aromatic carbocycles. The summed E-state index contributed by atoms with van der Waals surface area (Å²) in [6.45, 7) is -0.0502. The zero-order chi connectivity index (χ0) is 23.4. The van der Waals surface area contributed by atoms with Crippen molar-refractivity contribution in [3.8, 4) is 5.75 Å². The van der Waals surface area contributed by atoms with Gasteiger partial charge in [-0.15, -0.1) is 0 Å². The maximum absolute atomic E-state index is 12.9. The van der Waals surface area contributed by atoms with Gasteiger partial charge in [-0.25, -0.2) is 13.4 Å². The van der Waals surface area contributed by atoms with E-state index < -0.39 is 9.84 Å². The Morgan fingerprint density at radius 2 is 1.76 bits per heavy atom. The number of aromatic nitrogens is 2. The largest absolute Gasteiger partial charge is 0.496 e. The highest BCUT2D eigenvalue weighted by Gasteiger charge is 2.17. The Morgan fingerprint density at radius 3 is 2.48 bits per heavy atom. The van der Waals surface area contributed by atoms with Gasteiger partial charge in [0.05, 0.1) is 18.1 Å². The second kappa shape index (κ2) is 9.46. The smallest absolute Gasteiger partial charge is 0.244 e. The van der Waals surface area contributed by atoms with Crippen molar-refractivity contribution in [2.24, 2.45) is 0 Å². The fraction of sp³-hybridized carbons (Fsp3) is 0.200. The lowest BCUT2D eigenvalue weighted by Crippen LogP contribution is -2.21. The van der Waals surface area contributed by atoms with Crippen LogP contribution in [0.3, 0.4) is 0 Å². The molecule has 0 aliphatic rings. The third-order valence-electron chi connectivity index (χ3n) is 5.23. The third-order valence-corrected chi connectivity index (χ3v) is 6.01. The van der Waals surface area contributed by atoms with E-state index in [0.29, 0.717) is 29.0 Å². The quantitative estimate of drug-likeness (QED) is 0.429. The summed E-state index contributed by atoms with van der Waals surface area (Å²) in [6.07, 6.45) is 1.82. The molecule has 4 rings (SSSR count). The number of nitrogens with zero attached hydrogens (tertiary/aromatic N) is 2. The molecule has 0 fully saturated rings. The van der Waals surface area contributed by atoms with E-state index in [9.17, 15) is 13.2 Å². The van der Waals surface area contributed by atoms with Crippen molar-refractivity contribution in [3.63, 3.8) is 0 Å². The number of sulfone groups is 1. The number of carbonyl (C=O) groups excluding carboxylic acids is 1. The fourth-order valence-electron chi connectivity index (χ4n) is 3.80. The van der Waals surface area contributed by atoms with E-state index in [2.05, 4.69) is 10.3 Å². The van der Waals surface area contributed by atoms with Crippen LogP contribution in [0.15, 0.2) is 72.8 Å². The van der Waals surface area contributed by atoms with Gasteiger partial charge in [-0.3, -0.25) is 4.79 Å². The molecule has 0 atom stereocenters. The first-order valence-electron chi connectivity index (χ1n) is 10.4. The van der Waals surface area contributed by atoms with Gasteiger partial charge in [-0.05, 0) is 35.9 Å². The molecule has 33 heavy (non-hydrogen) atoms. The molecule has 0 saturated carbocycles. The van der Waals surface area contributed by atoms with Crippen LogP contribution in [0.5, 0.6) is 5.75 Å². The lowest BCUT2D eigenvalue weighted by Gasteiger charge is -2.13. The van der Waals surface area contributed by atoms with Crippen LogP contribution >= 0.6 is 0 Å². The van der Waals surface area contributed by atoms with Crippen LogP contribution in [0.25, 0.3) is 11.0 Å². The molecule has 0 radical (unpaired) electrons. The Kier molecular flexibility index (Phi) is 6.46. The Morgan fingerprint density at radius 1 is 1.03 bits per heavy atom. The first-order chi connectivity index (χ1) is 15.8. The maximum atomic E-state index is 12.9. The van der Waals surface area contributed by atoms with Gasteiger partial charge >= 0.3 is 0 Å². The summed E-state index contributed by atoms with van der Waals surface area (Å²) >= 11 is 0. The number of para-hydroxylation sites is 2. The van der Waals surface area contributed by atoms with Crippen LogP contribution in [-0.2, 0) is 33.4 Å². The molecule has 1 aromatic heterocycles. The number of hydrogen-bond donors (Lipinski definition) is 1. The average Bonchev–Trinajstić information content (AvgIpc) is 3.10. The Hall–Kier alpha value is -3.65. The van der Waals surface area contributed by atoms with Gasteiger partial charge in [0.25, 0.3) is 0 Å². The minimum atomic E-state index is -3.31. The van der Waals surface area contributed by atoms with Crippen molar-refractivity contribution in [3.05, 3.63) is 89.7 Å². The second-order valence-corrected chi connectivity index (χ2v) is 10.1. The zero-order valence-corrected chi connectivity index (χ0v) is 19.3. The van der Waals surface area contributed by atoms with Crippen LogP contribution in [0.1, 0.15) is 17.0 Å². The van der Waals surface area contributed by atoms with Gasteiger partial charge in [-0.2, -0.15) is 0 Å². The van der Waals surface area contributed by atoms with Crippen molar-refractivity contribution in [1.29, 1.82) is 0 Å². The molecular weight excluding hydrogens is 438 g/mol. The Bertz CT molecular complexity index is 1400. The topological polar surface area (TPSA) is 90.3 Å². The first-order valence-corrected chi connectivity index (χ1v) is 12.5. The normalized spacial score (nSPS) is 11.5. The summed E-state index contributed by atoms with van der Waals surface area (Å²) in [5, 5.41) is 2.92. The average molecular weight is 464 g/mol. The predicted molar refractivity (Wildman–Crippen MR) is 129 cm³/mol. The summed E-state index contributed by atoms with van der Waals surface area (Å²) in [4.78, 5) is 17.4. The number of imidazole rings is 1. The van der Waals surface area contributed by atoms with E-state index in [1.165, 1.54) is 0 Å². The number of hydrogen-bond acceptors (Lipinski definition) is 5. The van der Waals surface area contributed by atoms with Gasteiger partial charge in [0.15, 0.2) is 9.84 Å². The first kappa shape index (κ1) is 22.5. The Balaban J connectivity index is 1.58. The van der Waals surface area contributed by atoms with Gasteiger partial charge in [0, 0.05) is 23.9 Å².